The zero-order valence-electron chi connectivity index (χ0n) is 20.7. The number of nitrogens with zero attached hydrogens (tertiary/aromatic N) is 7. The molecule has 4 aromatic rings. The van der Waals surface area contributed by atoms with Crippen molar-refractivity contribution in [3.63, 3.8) is 0 Å². The molecule has 0 radical (unpaired) electrons. The Morgan fingerprint density at radius 3 is 2.84 bits per heavy atom. The molecule has 0 bridgehead atoms. The predicted octanol–water partition coefficient (Wildman–Crippen LogP) is 2.68. The Labute approximate surface area is 217 Å². The van der Waals surface area contributed by atoms with E-state index in [-0.39, 0.29) is 18.0 Å². The van der Waals surface area contributed by atoms with Crippen molar-refractivity contribution in [1.82, 2.24) is 30.1 Å². The summed E-state index contributed by atoms with van der Waals surface area (Å²) in [7, 11) is 0. The van der Waals surface area contributed by atoms with Crippen LogP contribution in [0.5, 0.6) is 0 Å². The number of aliphatic hydroxyl groups is 1. The van der Waals surface area contributed by atoms with Crippen LogP contribution in [0, 0.1) is 11.3 Å². The quantitative estimate of drug-likeness (QED) is 0.351. The minimum atomic E-state index is -0.682. The van der Waals surface area contributed by atoms with Crippen molar-refractivity contribution in [2.24, 2.45) is 0 Å². The molecule has 1 fully saturated rings. The third-order valence-electron chi connectivity index (χ3n) is 6.13. The molecular formula is C25H27N9O2S. The van der Waals surface area contributed by atoms with Gasteiger partial charge in [0.15, 0.2) is 5.01 Å². The molecule has 1 aliphatic rings. The van der Waals surface area contributed by atoms with Gasteiger partial charge in [-0.1, -0.05) is 11.3 Å². The third kappa shape index (κ3) is 5.09. The molecule has 0 aliphatic carbocycles. The van der Waals surface area contributed by atoms with Crippen LogP contribution in [0.3, 0.4) is 0 Å². The first-order valence-electron chi connectivity index (χ1n) is 12.0. The number of nitrogens with one attached hydrogen (secondary N) is 2. The van der Waals surface area contributed by atoms with Gasteiger partial charge in [-0.3, -0.25) is 9.78 Å². The van der Waals surface area contributed by atoms with Gasteiger partial charge in [-0.15, -0.1) is 10.2 Å². The van der Waals surface area contributed by atoms with Crippen LogP contribution >= 0.6 is 11.3 Å². The number of nitriles is 1. The van der Waals surface area contributed by atoms with Gasteiger partial charge in [-0.25, -0.2) is 4.52 Å². The molecule has 0 unspecified atom stereocenters. The van der Waals surface area contributed by atoms with Crippen molar-refractivity contribution in [2.45, 2.75) is 45.4 Å². The zero-order chi connectivity index (χ0) is 26.1. The third-order valence-corrected chi connectivity index (χ3v) is 7.14. The van der Waals surface area contributed by atoms with E-state index in [0.29, 0.717) is 35.2 Å². The van der Waals surface area contributed by atoms with E-state index in [9.17, 15) is 9.90 Å². The van der Waals surface area contributed by atoms with Gasteiger partial charge in [0, 0.05) is 37.9 Å². The number of hydrogen-bond donors (Lipinski definition) is 3. The molecule has 5 rings (SSSR count). The van der Waals surface area contributed by atoms with Crippen molar-refractivity contribution >= 4 is 33.6 Å². The summed E-state index contributed by atoms with van der Waals surface area (Å²) in [6.07, 6.45) is 3.27. The fourth-order valence-corrected chi connectivity index (χ4v) is 5.34. The zero-order valence-corrected chi connectivity index (χ0v) is 21.5. The van der Waals surface area contributed by atoms with Crippen molar-refractivity contribution in [2.75, 3.05) is 23.3 Å². The van der Waals surface area contributed by atoms with Gasteiger partial charge in [0.1, 0.15) is 6.07 Å². The topological polar surface area (TPSA) is 144 Å². The van der Waals surface area contributed by atoms with Crippen molar-refractivity contribution in [3.05, 3.63) is 42.2 Å². The Hall–Kier alpha value is -4.08. The molecule has 2 atom stereocenters. The number of carbonyl (C=O) groups excluding carboxylic acids is 1. The second-order valence-corrected chi connectivity index (χ2v) is 10.3. The Kier molecular flexibility index (Phi) is 6.73. The lowest BCUT2D eigenvalue weighted by Gasteiger charge is -2.35. The van der Waals surface area contributed by atoms with E-state index < -0.39 is 6.10 Å². The Morgan fingerprint density at radius 1 is 1.27 bits per heavy atom. The van der Waals surface area contributed by atoms with E-state index in [1.807, 2.05) is 23.1 Å². The maximum absolute atomic E-state index is 11.4. The SMILES string of the molecule is CC(=O)N[C@H]1CCN(c2nnc(-c3cnc(-c4ccc5cc(C#N)cnn45)cc3NC(C)C)s2)C[C@H]1O. The van der Waals surface area contributed by atoms with Gasteiger partial charge < -0.3 is 20.6 Å². The van der Waals surface area contributed by atoms with E-state index in [1.54, 1.807) is 16.8 Å². The molecule has 12 heteroatoms. The fraction of sp³-hybridized carbons (Fsp3) is 0.360. The molecule has 3 N–H and O–H groups in total. The van der Waals surface area contributed by atoms with Crippen LogP contribution in [0.25, 0.3) is 27.5 Å². The molecule has 0 aromatic carbocycles. The van der Waals surface area contributed by atoms with Gasteiger partial charge in [-0.05, 0) is 44.5 Å². The maximum atomic E-state index is 11.4. The highest BCUT2D eigenvalue weighted by atomic mass is 32.1. The summed E-state index contributed by atoms with van der Waals surface area (Å²) in [5.74, 6) is -0.146. The largest absolute Gasteiger partial charge is 0.389 e. The highest BCUT2D eigenvalue weighted by Crippen LogP contribution is 2.36. The Balaban J connectivity index is 1.43. The van der Waals surface area contributed by atoms with Crippen LogP contribution in [0.1, 0.15) is 32.8 Å². The number of piperidine rings is 1. The Morgan fingerprint density at radius 2 is 2.11 bits per heavy atom. The van der Waals surface area contributed by atoms with Crippen molar-refractivity contribution in [3.8, 4) is 28.0 Å². The Bertz CT molecular complexity index is 1490. The number of β-amino-alcohol motifs (C(OH)–C–C–N with tert-alkyl or cyclic N) is 1. The summed E-state index contributed by atoms with van der Waals surface area (Å²) in [5.41, 5.74) is 4.56. The van der Waals surface area contributed by atoms with Crippen LogP contribution in [-0.4, -0.2) is 67.1 Å². The number of hydrogen-bond acceptors (Lipinski definition) is 10. The lowest BCUT2D eigenvalue weighted by molar-refractivity contribution is -0.120. The van der Waals surface area contributed by atoms with Gasteiger partial charge in [-0.2, -0.15) is 10.4 Å². The molecule has 5 heterocycles. The molecule has 4 aromatic heterocycles. The van der Waals surface area contributed by atoms with Crippen LogP contribution in [0.2, 0.25) is 0 Å². The van der Waals surface area contributed by atoms with Gasteiger partial charge in [0.25, 0.3) is 0 Å². The second kappa shape index (κ2) is 10.1. The molecule has 0 spiro atoms. The van der Waals surface area contributed by atoms with E-state index in [0.717, 1.165) is 28.2 Å². The lowest BCUT2D eigenvalue weighted by atomic mass is 10.0. The highest BCUT2D eigenvalue weighted by molar-refractivity contribution is 7.18. The van der Waals surface area contributed by atoms with Crippen molar-refractivity contribution < 1.29 is 9.90 Å². The van der Waals surface area contributed by atoms with Crippen LogP contribution in [0.4, 0.5) is 10.8 Å². The smallest absolute Gasteiger partial charge is 0.217 e. The van der Waals surface area contributed by atoms with Crippen LogP contribution in [-0.2, 0) is 4.79 Å². The van der Waals surface area contributed by atoms with Crippen LogP contribution < -0.4 is 15.5 Å². The second-order valence-electron chi connectivity index (χ2n) is 9.32. The molecule has 37 heavy (non-hydrogen) atoms. The van der Waals surface area contributed by atoms with Gasteiger partial charge in [0.2, 0.25) is 11.0 Å². The maximum Gasteiger partial charge on any atom is 0.217 e. The number of pyridine rings is 1. The van der Waals surface area contributed by atoms with Gasteiger partial charge in [0.05, 0.1) is 46.4 Å². The summed E-state index contributed by atoms with van der Waals surface area (Å²) in [4.78, 5) is 18.1. The summed E-state index contributed by atoms with van der Waals surface area (Å²) in [6, 6.07) is 9.63. The fourth-order valence-electron chi connectivity index (χ4n) is 4.44. The number of rotatable bonds is 6. The highest BCUT2D eigenvalue weighted by Gasteiger charge is 2.30. The number of aliphatic hydroxyl groups excluding tert-OH is 1. The minimum absolute atomic E-state index is 0.146. The summed E-state index contributed by atoms with van der Waals surface area (Å²) < 4.78 is 1.76. The van der Waals surface area contributed by atoms with Gasteiger partial charge >= 0.3 is 0 Å². The normalized spacial score (nSPS) is 17.7. The summed E-state index contributed by atoms with van der Waals surface area (Å²) in [5, 5.41) is 40.6. The number of amides is 1. The van der Waals surface area contributed by atoms with Crippen LogP contribution in [0.15, 0.2) is 36.7 Å². The number of aromatic nitrogens is 5. The minimum Gasteiger partial charge on any atom is -0.389 e. The molecule has 1 aliphatic heterocycles. The number of carbonyl (C=O) groups is 1. The molecule has 190 valence electrons. The predicted molar refractivity (Wildman–Crippen MR) is 141 cm³/mol. The molecule has 0 saturated carbocycles. The number of fused-ring (bicyclic) bond motifs is 1. The standard InChI is InChI=1S/C25H27N9O2S/c1-14(2)29-20-9-21(22-5-4-17-8-16(10-26)11-28-34(17)22)27-12-18(20)24-31-32-25(37-24)33-7-6-19(23(36)13-33)30-15(3)35/h4-5,8-9,11-12,14,19,23,36H,6-7,13H2,1-3H3,(H,27,29)(H,30,35)/t19-,23+/m0/s1. The first kappa shape index (κ1) is 24.6. The first-order chi connectivity index (χ1) is 17.8. The summed E-state index contributed by atoms with van der Waals surface area (Å²) in [6.45, 7) is 6.61. The lowest BCUT2D eigenvalue weighted by Crippen LogP contribution is -2.53. The average Bonchev–Trinajstić information content (AvgIpc) is 3.52. The monoisotopic (exact) mass is 517 g/mol. The molecule has 1 amide bonds. The van der Waals surface area contributed by atoms with E-state index >= 15 is 0 Å². The average molecular weight is 518 g/mol. The molecule has 11 nitrogen and oxygen atoms in total. The van der Waals surface area contributed by atoms with E-state index in [1.165, 1.54) is 24.5 Å². The van der Waals surface area contributed by atoms with Crippen molar-refractivity contribution in [1.29, 1.82) is 5.26 Å². The van der Waals surface area contributed by atoms with E-state index in [2.05, 4.69) is 45.8 Å². The van der Waals surface area contributed by atoms with E-state index in [4.69, 9.17) is 10.2 Å². The first-order valence-corrected chi connectivity index (χ1v) is 12.8. The molecule has 1 saturated heterocycles. The summed E-state index contributed by atoms with van der Waals surface area (Å²) >= 11 is 1.44. The molecular weight excluding hydrogens is 490 g/mol. The number of anilines is 2.